The van der Waals surface area contributed by atoms with Crippen molar-refractivity contribution in [2.45, 2.75) is 20.0 Å². The first-order valence-corrected chi connectivity index (χ1v) is 6.87. The van der Waals surface area contributed by atoms with Gasteiger partial charge >= 0.3 is 0 Å². The molecule has 0 saturated heterocycles. The highest BCUT2D eigenvalue weighted by atomic mass is 79.9. The van der Waals surface area contributed by atoms with Gasteiger partial charge < -0.3 is 5.32 Å². The van der Waals surface area contributed by atoms with Crippen LogP contribution in [0.5, 0.6) is 0 Å². The van der Waals surface area contributed by atoms with E-state index in [4.69, 9.17) is 11.6 Å². The van der Waals surface area contributed by atoms with Crippen LogP contribution in [0.4, 0.5) is 0 Å². The molecule has 0 aliphatic carbocycles. The maximum Gasteiger partial charge on any atom is 0.273 e. The highest BCUT2D eigenvalue weighted by molar-refractivity contribution is 9.10. The maximum atomic E-state index is 12.0. The van der Waals surface area contributed by atoms with Gasteiger partial charge in [-0.1, -0.05) is 11.6 Å². The van der Waals surface area contributed by atoms with E-state index >= 15 is 0 Å². The van der Waals surface area contributed by atoms with Crippen LogP contribution in [-0.4, -0.2) is 25.5 Å². The number of hydrogen-bond acceptors (Lipinski definition) is 3. The van der Waals surface area contributed by atoms with Crippen LogP contribution in [0, 0.1) is 0 Å². The van der Waals surface area contributed by atoms with Crippen LogP contribution in [0.25, 0.3) is 0 Å². The number of rotatable bonds is 4. The molecule has 0 spiro atoms. The predicted molar refractivity (Wildman–Crippen MR) is 75.0 cm³/mol. The number of carbonyl (C=O) groups excluding carboxylic acids is 1. The molecular weight excluding hydrogens is 334 g/mol. The zero-order valence-electron chi connectivity index (χ0n) is 10.5. The van der Waals surface area contributed by atoms with Gasteiger partial charge in [-0.05, 0) is 22.9 Å². The average Bonchev–Trinajstić information content (AvgIpc) is 2.91. The van der Waals surface area contributed by atoms with Gasteiger partial charge in [0, 0.05) is 19.8 Å². The van der Waals surface area contributed by atoms with Gasteiger partial charge in [0.15, 0.2) is 5.69 Å². The van der Waals surface area contributed by atoms with Crippen LogP contribution >= 0.6 is 27.5 Å². The molecule has 8 heteroatoms. The lowest BCUT2D eigenvalue weighted by atomic mass is 10.3. The third-order valence-corrected chi connectivity index (χ3v) is 3.62. The number of nitrogens with zero attached hydrogens (tertiary/aromatic N) is 4. The maximum absolute atomic E-state index is 12.0. The van der Waals surface area contributed by atoms with E-state index in [0.717, 1.165) is 10.2 Å². The molecular formula is C11H13BrClN5O. The lowest BCUT2D eigenvalue weighted by molar-refractivity contribution is 0.0944. The summed E-state index contributed by atoms with van der Waals surface area (Å²) in [5.41, 5.74) is 1.11. The van der Waals surface area contributed by atoms with Gasteiger partial charge in [-0.3, -0.25) is 14.2 Å². The van der Waals surface area contributed by atoms with Crippen molar-refractivity contribution in [3.8, 4) is 0 Å². The summed E-state index contributed by atoms with van der Waals surface area (Å²) in [6.45, 7) is 2.95. The van der Waals surface area contributed by atoms with Crippen LogP contribution in [-0.2, 0) is 20.1 Å². The van der Waals surface area contributed by atoms with E-state index in [0.29, 0.717) is 18.1 Å². The monoisotopic (exact) mass is 345 g/mol. The second kappa shape index (κ2) is 5.75. The molecule has 2 aromatic rings. The van der Waals surface area contributed by atoms with Crippen LogP contribution in [0.1, 0.15) is 23.1 Å². The van der Waals surface area contributed by atoms with Crippen LogP contribution in [0.2, 0.25) is 5.02 Å². The smallest absolute Gasteiger partial charge is 0.273 e. The number of carbonyl (C=O) groups is 1. The molecule has 2 aromatic heterocycles. The number of nitrogens with one attached hydrogen (secondary N) is 1. The van der Waals surface area contributed by atoms with Crippen molar-refractivity contribution in [3.05, 3.63) is 33.3 Å². The van der Waals surface area contributed by atoms with Gasteiger partial charge in [-0.2, -0.15) is 10.2 Å². The molecule has 0 fully saturated rings. The van der Waals surface area contributed by atoms with Gasteiger partial charge in [0.05, 0.1) is 27.9 Å². The van der Waals surface area contributed by atoms with Crippen molar-refractivity contribution in [3.63, 3.8) is 0 Å². The molecule has 0 unspecified atom stereocenters. The fourth-order valence-corrected chi connectivity index (χ4v) is 2.32. The largest absolute Gasteiger partial charge is 0.345 e. The summed E-state index contributed by atoms with van der Waals surface area (Å²) in [5, 5.41) is 11.3. The van der Waals surface area contributed by atoms with Crippen molar-refractivity contribution >= 4 is 33.4 Å². The fourth-order valence-electron chi connectivity index (χ4n) is 1.60. The highest BCUT2D eigenvalue weighted by Crippen LogP contribution is 2.16. The Morgan fingerprint density at radius 3 is 2.84 bits per heavy atom. The molecule has 1 N–H and O–H groups in total. The van der Waals surface area contributed by atoms with E-state index < -0.39 is 0 Å². The normalized spacial score (nSPS) is 10.7. The summed E-state index contributed by atoms with van der Waals surface area (Å²) in [4.78, 5) is 12.0. The van der Waals surface area contributed by atoms with Crippen LogP contribution in [0.15, 0.2) is 16.9 Å². The summed E-state index contributed by atoms with van der Waals surface area (Å²) < 4.78 is 4.16. The molecule has 2 heterocycles. The Labute approximate surface area is 123 Å². The molecule has 0 radical (unpaired) electrons. The zero-order valence-corrected chi connectivity index (χ0v) is 12.9. The third-order valence-electron chi connectivity index (χ3n) is 2.68. The minimum Gasteiger partial charge on any atom is -0.345 e. The first kappa shape index (κ1) is 14.1. The van der Waals surface area contributed by atoms with Crippen molar-refractivity contribution < 1.29 is 4.79 Å². The summed E-state index contributed by atoms with van der Waals surface area (Å²) in [6.07, 6.45) is 3.32. The molecule has 0 bridgehead atoms. The number of hydrogen-bond donors (Lipinski definition) is 1. The zero-order chi connectivity index (χ0) is 14.0. The lowest BCUT2D eigenvalue weighted by Gasteiger charge is -2.05. The summed E-state index contributed by atoms with van der Waals surface area (Å²) in [5.74, 6) is -0.301. The Bertz CT molecular complexity index is 587. The van der Waals surface area contributed by atoms with Gasteiger partial charge in [0.1, 0.15) is 0 Å². The SMILES string of the molecule is CCn1cc(Cl)c(C(=O)NCc2c(Br)cnn2C)n1. The molecule has 6 nitrogen and oxygen atoms in total. The Kier molecular flexibility index (Phi) is 4.26. The van der Waals surface area contributed by atoms with Crippen LogP contribution < -0.4 is 5.32 Å². The Morgan fingerprint density at radius 2 is 2.32 bits per heavy atom. The fraction of sp³-hybridized carbons (Fsp3) is 0.364. The quantitative estimate of drug-likeness (QED) is 0.920. The number of aromatic nitrogens is 4. The number of amides is 1. The summed E-state index contributed by atoms with van der Waals surface area (Å²) in [7, 11) is 1.81. The Hall–Kier alpha value is -1.34. The van der Waals surface area contributed by atoms with Crippen molar-refractivity contribution in [2.75, 3.05) is 0 Å². The standard InChI is InChI=1S/C11H13BrClN5O/c1-3-18-6-8(13)10(16-18)11(19)14-5-9-7(12)4-15-17(9)2/h4,6H,3,5H2,1-2H3,(H,14,19). The van der Waals surface area contributed by atoms with E-state index in [1.165, 1.54) is 0 Å². The Balaban J connectivity index is 2.07. The van der Waals surface area contributed by atoms with E-state index in [1.54, 1.807) is 21.8 Å². The van der Waals surface area contributed by atoms with Gasteiger partial charge in [0.25, 0.3) is 5.91 Å². The molecule has 0 aromatic carbocycles. The average molecular weight is 347 g/mol. The van der Waals surface area contributed by atoms with E-state index in [9.17, 15) is 4.79 Å². The van der Waals surface area contributed by atoms with Gasteiger partial charge in [0.2, 0.25) is 0 Å². The molecule has 102 valence electrons. The second-order valence-corrected chi connectivity index (χ2v) is 5.19. The minimum atomic E-state index is -0.301. The topological polar surface area (TPSA) is 64.7 Å². The lowest BCUT2D eigenvalue weighted by Crippen LogP contribution is -2.25. The second-order valence-electron chi connectivity index (χ2n) is 3.93. The highest BCUT2D eigenvalue weighted by Gasteiger charge is 2.16. The Morgan fingerprint density at radius 1 is 1.58 bits per heavy atom. The van der Waals surface area contributed by atoms with E-state index in [1.807, 2.05) is 14.0 Å². The van der Waals surface area contributed by atoms with E-state index in [2.05, 4.69) is 31.4 Å². The van der Waals surface area contributed by atoms with E-state index in [-0.39, 0.29) is 11.6 Å². The van der Waals surface area contributed by atoms with Gasteiger partial charge in [-0.15, -0.1) is 0 Å². The summed E-state index contributed by atoms with van der Waals surface area (Å²) in [6, 6.07) is 0. The number of halogens is 2. The first-order valence-electron chi connectivity index (χ1n) is 5.70. The van der Waals surface area contributed by atoms with Gasteiger partial charge in [-0.25, -0.2) is 0 Å². The van der Waals surface area contributed by atoms with Crippen molar-refractivity contribution in [1.82, 2.24) is 24.9 Å². The molecule has 0 aliphatic heterocycles. The summed E-state index contributed by atoms with van der Waals surface area (Å²) >= 11 is 9.34. The molecule has 0 atom stereocenters. The molecule has 1 amide bonds. The number of aryl methyl sites for hydroxylation is 2. The molecule has 0 aliphatic rings. The molecule has 19 heavy (non-hydrogen) atoms. The molecule has 0 saturated carbocycles. The predicted octanol–water partition coefficient (Wildman–Crippen LogP) is 1.98. The van der Waals surface area contributed by atoms with Crippen LogP contribution in [0.3, 0.4) is 0 Å². The third kappa shape index (κ3) is 2.98. The van der Waals surface area contributed by atoms with Crippen molar-refractivity contribution in [1.29, 1.82) is 0 Å². The van der Waals surface area contributed by atoms with Crippen molar-refractivity contribution in [2.24, 2.45) is 7.05 Å². The molecule has 2 rings (SSSR count). The minimum absolute atomic E-state index is 0.238. The first-order chi connectivity index (χ1) is 9.02.